The van der Waals surface area contributed by atoms with Crippen LogP contribution in [0.15, 0.2) is 104 Å². The smallest absolute Gasteiger partial charge is 0.296 e. The molecule has 1 heterocycles. The Kier molecular flexibility index (Phi) is 9.11. The molecule has 0 fully saturated rings. The molecule has 0 saturated heterocycles. The van der Waals surface area contributed by atoms with E-state index in [1.165, 1.54) is 5.56 Å². The lowest BCUT2D eigenvalue weighted by molar-refractivity contribution is -0.115. The summed E-state index contributed by atoms with van der Waals surface area (Å²) in [7, 11) is 0. The van der Waals surface area contributed by atoms with Gasteiger partial charge in [-0.3, -0.25) is 19.2 Å². The van der Waals surface area contributed by atoms with Crippen LogP contribution < -0.4 is 5.76 Å². The molecule has 0 aliphatic rings. The van der Waals surface area contributed by atoms with Gasteiger partial charge in [-0.15, -0.1) is 0 Å². The van der Waals surface area contributed by atoms with Crippen molar-refractivity contribution in [3.63, 3.8) is 0 Å². The van der Waals surface area contributed by atoms with Crippen LogP contribution in [0, 0.1) is 0 Å². The van der Waals surface area contributed by atoms with Gasteiger partial charge in [0.05, 0.1) is 6.54 Å². The van der Waals surface area contributed by atoms with E-state index in [0.29, 0.717) is 17.5 Å². The summed E-state index contributed by atoms with van der Waals surface area (Å²) in [5.41, 5.74) is 6.91. The Morgan fingerprint density at radius 1 is 0.974 bits per heavy atom. The normalized spacial score (nSPS) is 12.2. The molecule has 8 heteroatoms. The summed E-state index contributed by atoms with van der Waals surface area (Å²) in [5, 5.41) is 4.51. The van der Waals surface area contributed by atoms with Gasteiger partial charge in [0.25, 0.3) is 0 Å². The monoisotopic (exact) mass is 526 g/mol. The van der Waals surface area contributed by atoms with E-state index in [2.05, 4.69) is 33.7 Å². The van der Waals surface area contributed by atoms with Gasteiger partial charge in [0.2, 0.25) is 6.41 Å². The van der Waals surface area contributed by atoms with Crippen LogP contribution in [0.2, 0.25) is 0 Å². The number of aromatic nitrogens is 2. The van der Waals surface area contributed by atoms with Gasteiger partial charge in [-0.2, -0.15) is 0 Å². The van der Waals surface area contributed by atoms with Crippen molar-refractivity contribution < 1.29 is 9.32 Å². The van der Waals surface area contributed by atoms with Crippen molar-refractivity contribution in [2.75, 3.05) is 5.75 Å². The zero-order valence-electron chi connectivity index (χ0n) is 21.7. The predicted molar refractivity (Wildman–Crippen MR) is 154 cm³/mol. The minimum Gasteiger partial charge on any atom is -0.296 e. The van der Waals surface area contributed by atoms with E-state index in [-0.39, 0.29) is 0 Å². The fraction of sp³-hybridized carbons (Fsp3) is 0.200. The maximum atomic E-state index is 12.1. The third-order valence-corrected chi connectivity index (χ3v) is 6.95. The van der Waals surface area contributed by atoms with Crippen molar-refractivity contribution in [3.05, 3.63) is 112 Å². The van der Waals surface area contributed by atoms with E-state index in [0.717, 1.165) is 52.1 Å². The van der Waals surface area contributed by atoms with Gasteiger partial charge < -0.3 is 0 Å². The number of hydrogen-bond donors (Lipinski definition) is 1. The number of carbonyl (C=O) groups is 1. The average molecular weight is 527 g/mol. The Morgan fingerprint density at radius 2 is 1.66 bits per heavy atom. The molecule has 0 radical (unpaired) electrons. The Morgan fingerprint density at radius 3 is 2.29 bits per heavy atom. The van der Waals surface area contributed by atoms with Crippen molar-refractivity contribution >= 4 is 23.3 Å². The number of carbonyl (C=O) groups excluding carboxylic acids is 1. The molecule has 3 aromatic carbocycles. The first-order valence-corrected chi connectivity index (χ1v) is 13.4. The van der Waals surface area contributed by atoms with E-state index in [1.807, 2.05) is 80.6 Å². The minimum absolute atomic E-state index is 0.380. The topological polar surface area (TPSA) is 91.6 Å². The highest BCUT2D eigenvalue weighted by Gasteiger charge is 2.14. The van der Waals surface area contributed by atoms with Gasteiger partial charge >= 0.3 is 5.76 Å². The van der Waals surface area contributed by atoms with Crippen molar-refractivity contribution in [2.24, 2.45) is 4.99 Å². The Balaban J connectivity index is 1.55. The summed E-state index contributed by atoms with van der Waals surface area (Å²) in [6.45, 7) is 6.52. The van der Waals surface area contributed by atoms with E-state index < -0.39 is 5.76 Å². The minimum atomic E-state index is -0.595. The van der Waals surface area contributed by atoms with Crippen LogP contribution >= 0.6 is 11.8 Å². The number of rotatable bonds is 9. The molecule has 0 bridgehead atoms. The van der Waals surface area contributed by atoms with Crippen molar-refractivity contribution in [1.82, 2.24) is 15.0 Å². The van der Waals surface area contributed by atoms with Gasteiger partial charge in [0, 0.05) is 11.3 Å². The summed E-state index contributed by atoms with van der Waals surface area (Å²) in [5.74, 6) is 0.584. The van der Waals surface area contributed by atoms with Gasteiger partial charge in [-0.25, -0.2) is 9.79 Å². The summed E-state index contributed by atoms with van der Waals surface area (Å²) >= 11 is 1.55. The number of nitrogens with one attached hydrogen (secondary N) is 1. The van der Waals surface area contributed by atoms with Crippen LogP contribution in [0.3, 0.4) is 0 Å². The first-order valence-electron chi connectivity index (χ1n) is 12.4. The molecule has 1 aromatic heterocycles. The number of amides is 1. The highest BCUT2D eigenvalue weighted by molar-refractivity contribution is 8.13. The zero-order chi connectivity index (χ0) is 26.9. The second-order valence-electron chi connectivity index (χ2n) is 8.77. The lowest BCUT2D eigenvalue weighted by Crippen LogP contribution is -2.27. The molecule has 0 aliphatic heterocycles. The number of benzene rings is 3. The van der Waals surface area contributed by atoms with Crippen molar-refractivity contribution in [3.8, 4) is 22.5 Å². The quantitative estimate of drug-likeness (QED) is 0.157. The largest absolute Gasteiger partial charge is 0.439 e. The van der Waals surface area contributed by atoms with Crippen LogP contribution in [-0.2, 0) is 17.8 Å². The van der Waals surface area contributed by atoms with Crippen LogP contribution in [0.1, 0.15) is 31.9 Å². The number of amidine groups is 1. The van der Waals surface area contributed by atoms with Gasteiger partial charge in [-0.1, -0.05) is 103 Å². The van der Waals surface area contributed by atoms with E-state index >= 15 is 0 Å². The van der Waals surface area contributed by atoms with Gasteiger partial charge in [-0.05, 0) is 53.8 Å². The highest BCUT2D eigenvalue weighted by Crippen LogP contribution is 2.30. The molecule has 1 N–H and O–H groups in total. The van der Waals surface area contributed by atoms with Crippen LogP contribution in [0.4, 0.5) is 0 Å². The molecule has 4 rings (SSSR count). The molecule has 0 aliphatic carbocycles. The number of nitrogens with zero attached hydrogens (tertiary/aromatic N) is 3. The third-order valence-electron chi connectivity index (χ3n) is 6.08. The van der Waals surface area contributed by atoms with Gasteiger partial charge in [0.15, 0.2) is 11.0 Å². The van der Waals surface area contributed by atoms with Crippen molar-refractivity contribution in [1.29, 1.82) is 0 Å². The van der Waals surface area contributed by atoms with E-state index in [9.17, 15) is 9.59 Å². The SMILES string of the molecule is CCSC(=N/C(C)=C(\C)Cc1ccccc1)N(C=O)Cc1ccc(-c2ccccc2-c2noc(=O)[nH]2)cc1. The standard InChI is InChI=1S/C30H30N4O3S/c1-4-38-29(31-22(3)21(2)18-23-10-6-5-7-11-23)34(20-35)19-24-14-16-25(17-15-24)26-12-8-9-13-27(26)28-32-30(36)37-33-28/h5-17,20H,4,18-19H2,1-3H3,(H,32,33,36)/b22-21+,31-29?. The molecule has 7 nitrogen and oxygen atoms in total. The van der Waals surface area contributed by atoms with Crippen LogP contribution in [0.5, 0.6) is 0 Å². The number of allylic oxidation sites excluding steroid dienone is 2. The third kappa shape index (κ3) is 6.77. The molecule has 194 valence electrons. The Labute approximate surface area is 226 Å². The molecule has 38 heavy (non-hydrogen) atoms. The number of thioether (sulfide) groups is 1. The molecule has 4 aromatic rings. The van der Waals surface area contributed by atoms with Crippen molar-refractivity contribution in [2.45, 2.75) is 33.7 Å². The molecule has 1 amide bonds. The number of H-pyrrole nitrogens is 1. The van der Waals surface area contributed by atoms with Gasteiger partial charge in [0.1, 0.15) is 0 Å². The lowest BCUT2D eigenvalue weighted by Gasteiger charge is -2.20. The Hall–Kier alpha value is -4.17. The summed E-state index contributed by atoms with van der Waals surface area (Å²) < 4.78 is 4.68. The van der Waals surface area contributed by atoms with Crippen LogP contribution in [-0.4, -0.2) is 32.4 Å². The summed E-state index contributed by atoms with van der Waals surface area (Å²) in [6.07, 6.45) is 1.65. The summed E-state index contributed by atoms with van der Waals surface area (Å²) in [4.78, 5) is 32.7. The second kappa shape index (κ2) is 12.9. The lowest BCUT2D eigenvalue weighted by atomic mass is 9.98. The van der Waals surface area contributed by atoms with Crippen LogP contribution in [0.25, 0.3) is 22.5 Å². The predicted octanol–water partition coefficient (Wildman–Crippen LogP) is 6.30. The number of hydrogen-bond acceptors (Lipinski definition) is 6. The maximum absolute atomic E-state index is 12.1. The first kappa shape index (κ1) is 26.9. The molecule has 0 unspecified atom stereocenters. The molecule has 0 saturated carbocycles. The molecule has 0 atom stereocenters. The van der Waals surface area contributed by atoms with E-state index in [1.54, 1.807) is 16.7 Å². The fourth-order valence-electron chi connectivity index (χ4n) is 4.00. The highest BCUT2D eigenvalue weighted by atomic mass is 32.2. The average Bonchev–Trinajstić information content (AvgIpc) is 3.38. The fourth-order valence-corrected chi connectivity index (χ4v) is 4.73. The first-order chi connectivity index (χ1) is 18.5. The molecular weight excluding hydrogens is 496 g/mol. The zero-order valence-corrected chi connectivity index (χ0v) is 22.5. The molecule has 0 spiro atoms. The second-order valence-corrected chi connectivity index (χ2v) is 10.0. The number of aliphatic imine (C=N–C) groups is 1. The Bertz CT molecular complexity index is 1490. The maximum Gasteiger partial charge on any atom is 0.439 e. The summed E-state index contributed by atoms with van der Waals surface area (Å²) in [6, 6.07) is 25.9. The van der Waals surface area contributed by atoms with E-state index in [4.69, 9.17) is 4.99 Å². The number of aromatic amines is 1. The molecular formula is C30H30N4O3S.